The van der Waals surface area contributed by atoms with E-state index in [1.807, 2.05) is 10.9 Å². The first kappa shape index (κ1) is 16.0. The molecule has 1 amide bonds. The molecule has 2 fully saturated rings. The molecule has 0 unspecified atom stereocenters. The predicted molar refractivity (Wildman–Crippen MR) is 99.8 cm³/mol. The van der Waals surface area contributed by atoms with Gasteiger partial charge in [-0.05, 0) is 12.5 Å². The van der Waals surface area contributed by atoms with Crippen LogP contribution in [0.3, 0.4) is 0 Å². The molecule has 5 rings (SSSR count). The molecule has 27 heavy (non-hydrogen) atoms. The third-order valence-electron chi connectivity index (χ3n) is 5.35. The molecule has 2 saturated heterocycles. The van der Waals surface area contributed by atoms with Gasteiger partial charge in [0.05, 0.1) is 35.0 Å². The van der Waals surface area contributed by atoms with Gasteiger partial charge in [0.25, 0.3) is 5.56 Å². The quantitative estimate of drug-likeness (QED) is 0.679. The highest BCUT2D eigenvalue weighted by Gasteiger charge is 2.32. The summed E-state index contributed by atoms with van der Waals surface area (Å²) >= 11 is 0. The van der Waals surface area contributed by atoms with Crippen molar-refractivity contribution in [2.75, 3.05) is 29.4 Å². The first-order valence-corrected chi connectivity index (χ1v) is 9.02. The van der Waals surface area contributed by atoms with Crippen LogP contribution >= 0.6 is 0 Å². The summed E-state index contributed by atoms with van der Waals surface area (Å²) in [5.74, 6) is 0.799. The van der Waals surface area contributed by atoms with E-state index in [-0.39, 0.29) is 17.5 Å². The number of nitrogens with zero attached hydrogens (tertiary/aromatic N) is 7. The maximum atomic E-state index is 12.5. The van der Waals surface area contributed by atoms with Crippen molar-refractivity contribution < 1.29 is 4.79 Å². The van der Waals surface area contributed by atoms with Gasteiger partial charge in [0.2, 0.25) is 11.9 Å². The second-order valence-electron chi connectivity index (χ2n) is 7.06. The van der Waals surface area contributed by atoms with Crippen LogP contribution in [0.25, 0.3) is 10.9 Å². The molecule has 3 aromatic rings. The van der Waals surface area contributed by atoms with Crippen LogP contribution in [0.15, 0.2) is 35.6 Å². The Morgan fingerprint density at radius 2 is 2.04 bits per heavy atom. The number of anilines is 2. The Bertz CT molecular complexity index is 1100. The number of hydrogen-bond acceptors (Lipinski definition) is 6. The van der Waals surface area contributed by atoms with Gasteiger partial charge in [-0.1, -0.05) is 0 Å². The van der Waals surface area contributed by atoms with Crippen LogP contribution in [-0.4, -0.2) is 49.9 Å². The summed E-state index contributed by atoms with van der Waals surface area (Å²) < 4.78 is 3.48. The molecular formula is C18H19N7O2. The molecule has 0 aliphatic carbocycles. The minimum Gasteiger partial charge on any atom is -0.338 e. The van der Waals surface area contributed by atoms with Crippen molar-refractivity contribution in [1.29, 1.82) is 0 Å². The Balaban J connectivity index is 1.36. The van der Waals surface area contributed by atoms with Crippen molar-refractivity contribution in [3.8, 4) is 0 Å². The zero-order valence-electron chi connectivity index (χ0n) is 14.9. The number of carbonyl (C=O) groups is 1. The number of amides is 1. The number of rotatable bonds is 3. The van der Waals surface area contributed by atoms with Crippen LogP contribution < -0.4 is 15.4 Å². The maximum absolute atomic E-state index is 12.5. The lowest BCUT2D eigenvalue weighted by atomic mass is 10.1. The van der Waals surface area contributed by atoms with Crippen LogP contribution in [0.2, 0.25) is 0 Å². The Morgan fingerprint density at radius 3 is 2.81 bits per heavy atom. The molecule has 0 N–H and O–H groups in total. The topological polar surface area (TPSA) is 89.2 Å². The lowest BCUT2D eigenvalue weighted by molar-refractivity contribution is -0.117. The van der Waals surface area contributed by atoms with Crippen molar-refractivity contribution in [1.82, 2.24) is 24.3 Å². The summed E-state index contributed by atoms with van der Waals surface area (Å²) in [6.45, 7) is 2.18. The minimum atomic E-state index is -0.0743. The summed E-state index contributed by atoms with van der Waals surface area (Å²) in [5, 5.41) is 5.00. The summed E-state index contributed by atoms with van der Waals surface area (Å²) in [7, 11) is 1.74. The number of hydrogen-bond donors (Lipinski definition) is 0. The van der Waals surface area contributed by atoms with Gasteiger partial charge in [-0.2, -0.15) is 5.10 Å². The van der Waals surface area contributed by atoms with Crippen molar-refractivity contribution >= 4 is 28.4 Å². The van der Waals surface area contributed by atoms with Gasteiger partial charge in [-0.3, -0.25) is 23.8 Å². The summed E-state index contributed by atoms with van der Waals surface area (Å²) in [6, 6.07) is 1.89. The summed E-state index contributed by atoms with van der Waals surface area (Å²) in [6.07, 6.45) is 8.41. The van der Waals surface area contributed by atoms with Crippen LogP contribution in [0.1, 0.15) is 18.9 Å². The zero-order valence-corrected chi connectivity index (χ0v) is 14.9. The van der Waals surface area contributed by atoms with Crippen LogP contribution in [0.4, 0.5) is 11.6 Å². The molecule has 5 heterocycles. The van der Waals surface area contributed by atoms with E-state index in [1.54, 1.807) is 41.2 Å². The Hall–Kier alpha value is -3.23. The number of aromatic nitrogens is 5. The fraction of sp³-hybridized carbons (Fsp3) is 0.389. The van der Waals surface area contributed by atoms with Gasteiger partial charge in [0, 0.05) is 45.5 Å². The lowest BCUT2D eigenvalue weighted by Crippen LogP contribution is -2.50. The highest BCUT2D eigenvalue weighted by atomic mass is 16.2. The normalized spacial score (nSPS) is 17.7. The first-order chi connectivity index (χ1) is 13.1. The largest absolute Gasteiger partial charge is 0.338 e. The first-order valence-electron chi connectivity index (χ1n) is 9.02. The average molecular weight is 365 g/mol. The van der Waals surface area contributed by atoms with Gasteiger partial charge in [0.15, 0.2) is 0 Å². The fourth-order valence-corrected chi connectivity index (χ4v) is 3.77. The molecule has 3 aromatic heterocycles. The molecular weight excluding hydrogens is 346 g/mol. The predicted octanol–water partition coefficient (Wildman–Crippen LogP) is 0.713. The highest BCUT2D eigenvalue weighted by Crippen LogP contribution is 2.28. The van der Waals surface area contributed by atoms with E-state index in [1.165, 1.54) is 0 Å². The van der Waals surface area contributed by atoms with Gasteiger partial charge in [-0.25, -0.2) is 4.98 Å². The molecule has 9 heteroatoms. The van der Waals surface area contributed by atoms with E-state index in [2.05, 4.69) is 20.0 Å². The van der Waals surface area contributed by atoms with Crippen molar-refractivity contribution in [2.45, 2.75) is 18.9 Å². The number of carbonyl (C=O) groups excluding carboxylic acids is 1. The molecule has 0 saturated carbocycles. The monoisotopic (exact) mass is 365 g/mol. The molecule has 0 atom stereocenters. The smallest absolute Gasteiger partial charge is 0.262 e. The second-order valence-corrected chi connectivity index (χ2v) is 7.06. The highest BCUT2D eigenvalue weighted by molar-refractivity contribution is 5.95. The average Bonchev–Trinajstić information content (AvgIpc) is 3.27. The fourth-order valence-electron chi connectivity index (χ4n) is 3.77. The zero-order chi connectivity index (χ0) is 18.5. The van der Waals surface area contributed by atoms with E-state index < -0.39 is 0 Å². The van der Waals surface area contributed by atoms with Crippen LogP contribution in [-0.2, 0) is 11.8 Å². The number of fused-ring (bicyclic) bond motifs is 1. The third kappa shape index (κ3) is 2.49. The van der Waals surface area contributed by atoms with Crippen LogP contribution in [0, 0.1) is 0 Å². The van der Waals surface area contributed by atoms with Gasteiger partial charge in [0.1, 0.15) is 0 Å². The summed E-state index contributed by atoms with van der Waals surface area (Å²) in [4.78, 5) is 36.9. The van der Waals surface area contributed by atoms with Gasteiger partial charge in [-0.15, -0.1) is 0 Å². The molecule has 0 spiro atoms. The van der Waals surface area contributed by atoms with Gasteiger partial charge >= 0.3 is 0 Å². The molecule has 0 bridgehead atoms. The minimum absolute atomic E-state index is 0.0743. The van der Waals surface area contributed by atoms with Crippen molar-refractivity contribution in [3.05, 3.63) is 41.2 Å². The van der Waals surface area contributed by atoms with E-state index in [0.29, 0.717) is 36.4 Å². The maximum Gasteiger partial charge on any atom is 0.262 e. The molecule has 0 aromatic carbocycles. The molecule has 9 nitrogen and oxygen atoms in total. The van der Waals surface area contributed by atoms with E-state index in [9.17, 15) is 9.59 Å². The van der Waals surface area contributed by atoms with Crippen LogP contribution in [0.5, 0.6) is 0 Å². The standard InChI is InChI=1S/C18H19N7O2/c1-22-17(27)14-4-5-19-8-15(14)21-18(22)23-9-13(10-23)25-11-12(7-20-25)24-6-2-3-16(24)26/h4-5,7-8,11,13H,2-3,6,9-10H2,1H3. The van der Waals surface area contributed by atoms with Gasteiger partial charge < -0.3 is 9.80 Å². The number of pyridine rings is 1. The summed E-state index contributed by atoms with van der Waals surface area (Å²) in [5.41, 5.74) is 1.39. The molecule has 2 aliphatic rings. The van der Waals surface area contributed by atoms with E-state index in [4.69, 9.17) is 0 Å². The third-order valence-corrected chi connectivity index (χ3v) is 5.35. The van der Waals surface area contributed by atoms with Crippen molar-refractivity contribution in [3.63, 3.8) is 0 Å². The Kier molecular flexibility index (Phi) is 3.49. The molecule has 138 valence electrons. The Morgan fingerprint density at radius 1 is 1.19 bits per heavy atom. The lowest BCUT2D eigenvalue weighted by Gasteiger charge is -2.40. The molecule has 2 aliphatic heterocycles. The van der Waals surface area contributed by atoms with Crippen molar-refractivity contribution in [2.24, 2.45) is 7.05 Å². The second kappa shape index (κ2) is 5.90. The Labute approximate surface area is 154 Å². The van der Waals surface area contributed by atoms with E-state index >= 15 is 0 Å². The SMILES string of the molecule is Cn1c(N2CC(n3cc(N4CCCC4=O)cn3)C2)nc2cnccc2c1=O. The molecule has 0 radical (unpaired) electrons. The van der Waals surface area contributed by atoms with E-state index in [0.717, 1.165) is 18.7 Å².